The molecule has 0 fully saturated rings. The Bertz CT molecular complexity index is 268. The molecular formula is C8H10N2OSSn. The molecule has 13 heavy (non-hydrogen) atoms. The van der Waals surface area contributed by atoms with Crippen molar-refractivity contribution in [1.82, 2.24) is 10.3 Å². The normalized spacial score (nSPS) is 9.62. The van der Waals surface area contributed by atoms with Gasteiger partial charge in [-0.2, -0.15) is 0 Å². The van der Waals surface area contributed by atoms with Gasteiger partial charge in [0.25, 0.3) is 0 Å². The fourth-order valence-corrected chi connectivity index (χ4v) is 5.83. The number of carbonyl (C=O) groups is 1. The Morgan fingerprint density at radius 2 is 2.54 bits per heavy atom. The maximum atomic E-state index is 10.9. The first-order valence-corrected chi connectivity index (χ1v) is 10.2. The van der Waals surface area contributed by atoms with Gasteiger partial charge in [0, 0.05) is 0 Å². The van der Waals surface area contributed by atoms with Gasteiger partial charge in [0.2, 0.25) is 0 Å². The van der Waals surface area contributed by atoms with E-state index in [0.717, 1.165) is 5.03 Å². The first-order valence-electron chi connectivity index (χ1n) is 3.84. The number of carbonyl (C=O) groups excluding carboxylic acids is 1. The van der Waals surface area contributed by atoms with E-state index < -0.39 is 19.8 Å². The second-order valence-electron chi connectivity index (χ2n) is 2.26. The van der Waals surface area contributed by atoms with Crippen LogP contribution in [0.5, 0.6) is 0 Å². The number of pyridine rings is 1. The third-order valence-corrected chi connectivity index (χ3v) is 7.24. The van der Waals surface area contributed by atoms with E-state index in [1.165, 1.54) is 0 Å². The predicted octanol–water partition coefficient (Wildman–Crippen LogP) is 0.957. The summed E-state index contributed by atoms with van der Waals surface area (Å²) in [7, 11) is 3.44. The van der Waals surface area contributed by atoms with Crippen molar-refractivity contribution in [2.24, 2.45) is 0 Å². The molecule has 68 valence electrons. The van der Waals surface area contributed by atoms with E-state index in [1.807, 2.05) is 18.2 Å². The van der Waals surface area contributed by atoms with E-state index in [1.54, 1.807) is 22.2 Å². The standard InChI is InChI=1S/C5H5NS.C3H6NO.Sn/c7-5-3-1-2-4-6-5;1-3(5)4-2;/h1-4H,(H,6,7);1H2,2H3,(H,4,5);/q;;+1/p-1. The molecule has 0 aliphatic carbocycles. The Balaban J connectivity index is 2.24. The molecule has 3 nitrogen and oxygen atoms in total. The molecule has 0 atom stereocenters. The fraction of sp³-hybridized carbons (Fsp3) is 0.250. The summed E-state index contributed by atoms with van der Waals surface area (Å²) in [4.78, 5) is 15.1. The molecule has 0 aliphatic heterocycles. The van der Waals surface area contributed by atoms with Gasteiger partial charge in [-0.25, -0.2) is 0 Å². The first-order chi connectivity index (χ1) is 6.33. The second kappa shape index (κ2) is 6.26. The Morgan fingerprint density at radius 3 is 3.15 bits per heavy atom. The summed E-state index contributed by atoms with van der Waals surface area (Å²) < 4.78 is 0.709. The summed E-state index contributed by atoms with van der Waals surface area (Å²) in [5.74, 6) is 0.148. The maximum absolute atomic E-state index is 10.9. The zero-order valence-corrected chi connectivity index (χ0v) is 11.0. The van der Waals surface area contributed by atoms with Crippen molar-refractivity contribution in [2.75, 3.05) is 7.05 Å². The van der Waals surface area contributed by atoms with Gasteiger partial charge in [0.1, 0.15) is 0 Å². The van der Waals surface area contributed by atoms with E-state index in [0.29, 0.717) is 4.44 Å². The number of aromatic nitrogens is 1. The van der Waals surface area contributed by atoms with Gasteiger partial charge in [-0.05, 0) is 0 Å². The zero-order chi connectivity index (χ0) is 9.52. The third-order valence-electron chi connectivity index (χ3n) is 1.33. The van der Waals surface area contributed by atoms with Crippen LogP contribution in [0.15, 0.2) is 29.4 Å². The van der Waals surface area contributed by atoms with Crippen molar-refractivity contribution in [3.63, 3.8) is 0 Å². The average Bonchev–Trinajstić information content (AvgIpc) is 2.19. The molecule has 1 aromatic rings. The Hall–Kier alpha value is -0.231. The van der Waals surface area contributed by atoms with E-state index in [4.69, 9.17) is 0 Å². The minimum atomic E-state index is -0.667. The number of hydrogen-bond donors (Lipinski definition) is 1. The average molecular weight is 301 g/mol. The van der Waals surface area contributed by atoms with Gasteiger partial charge >= 0.3 is 90.6 Å². The van der Waals surface area contributed by atoms with E-state index in [9.17, 15) is 4.79 Å². The molecule has 0 aromatic carbocycles. The van der Waals surface area contributed by atoms with E-state index in [-0.39, 0.29) is 5.91 Å². The quantitative estimate of drug-likeness (QED) is 0.842. The van der Waals surface area contributed by atoms with Crippen LogP contribution in [0.25, 0.3) is 0 Å². The Kier molecular flexibility index (Phi) is 5.22. The van der Waals surface area contributed by atoms with Crippen LogP contribution in [0.4, 0.5) is 0 Å². The predicted molar refractivity (Wildman–Crippen MR) is 54.7 cm³/mol. The molecule has 1 heterocycles. The molecule has 2 radical (unpaired) electrons. The summed E-state index contributed by atoms with van der Waals surface area (Å²) in [6.07, 6.45) is 1.78. The van der Waals surface area contributed by atoms with Gasteiger partial charge in [-0.15, -0.1) is 0 Å². The number of rotatable bonds is 4. The molecule has 1 aromatic heterocycles. The topological polar surface area (TPSA) is 42.0 Å². The van der Waals surface area contributed by atoms with Gasteiger partial charge in [0.15, 0.2) is 0 Å². The molecule has 0 saturated carbocycles. The molecule has 1 N–H and O–H groups in total. The van der Waals surface area contributed by atoms with Crippen molar-refractivity contribution < 1.29 is 4.79 Å². The number of hydrogen-bond acceptors (Lipinski definition) is 3. The van der Waals surface area contributed by atoms with Crippen molar-refractivity contribution in [1.29, 1.82) is 0 Å². The third kappa shape index (κ3) is 4.52. The Morgan fingerprint density at radius 1 is 1.69 bits per heavy atom. The molecule has 0 aliphatic rings. The number of nitrogens with one attached hydrogen (secondary N) is 1. The van der Waals surface area contributed by atoms with Crippen LogP contribution in [-0.2, 0) is 4.79 Å². The van der Waals surface area contributed by atoms with Gasteiger partial charge < -0.3 is 0 Å². The monoisotopic (exact) mass is 302 g/mol. The van der Waals surface area contributed by atoms with Crippen molar-refractivity contribution in [3.8, 4) is 0 Å². The molecule has 0 saturated heterocycles. The van der Waals surface area contributed by atoms with Crippen LogP contribution in [-0.4, -0.2) is 37.7 Å². The SMILES string of the molecule is CNC(=O)[CH2][Sn][S]c1ccccn1. The van der Waals surface area contributed by atoms with Crippen molar-refractivity contribution >= 4 is 34.6 Å². The Labute approximate surface area is 90.4 Å². The zero-order valence-electron chi connectivity index (χ0n) is 7.28. The summed E-state index contributed by atoms with van der Waals surface area (Å²) in [6, 6.07) is 5.85. The summed E-state index contributed by atoms with van der Waals surface area (Å²) in [5, 5.41) is 3.66. The van der Waals surface area contributed by atoms with Crippen LogP contribution < -0.4 is 5.32 Å². The molecule has 1 amide bonds. The van der Waals surface area contributed by atoms with Gasteiger partial charge in [-0.1, -0.05) is 0 Å². The summed E-state index contributed by atoms with van der Waals surface area (Å²) >= 11 is -0.667. The van der Waals surface area contributed by atoms with Crippen LogP contribution in [0, 0.1) is 0 Å². The number of nitrogens with zero attached hydrogens (tertiary/aromatic N) is 1. The van der Waals surface area contributed by atoms with Crippen LogP contribution in [0.1, 0.15) is 0 Å². The first kappa shape index (κ1) is 10.8. The van der Waals surface area contributed by atoms with Gasteiger partial charge in [-0.3, -0.25) is 0 Å². The van der Waals surface area contributed by atoms with E-state index >= 15 is 0 Å². The van der Waals surface area contributed by atoms with Crippen molar-refractivity contribution in [3.05, 3.63) is 24.4 Å². The van der Waals surface area contributed by atoms with Crippen LogP contribution >= 0.6 is 8.95 Å². The van der Waals surface area contributed by atoms with E-state index in [2.05, 4.69) is 10.3 Å². The molecule has 0 bridgehead atoms. The molecular weight excluding hydrogens is 291 g/mol. The number of amides is 1. The molecule has 0 unspecified atom stereocenters. The van der Waals surface area contributed by atoms with Crippen molar-refractivity contribution in [2.45, 2.75) is 9.46 Å². The fourth-order valence-electron chi connectivity index (χ4n) is 0.671. The molecule has 0 spiro atoms. The van der Waals surface area contributed by atoms with Crippen LogP contribution in [0.2, 0.25) is 4.44 Å². The summed E-state index contributed by atoms with van der Waals surface area (Å²) in [5.41, 5.74) is 0. The molecule has 5 heteroatoms. The van der Waals surface area contributed by atoms with Gasteiger partial charge in [0.05, 0.1) is 0 Å². The molecule has 1 rings (SSSR count). The summed E-state index contributed by atoms with van der Waals surface area (Å²) in [6.45, 7) is 0. The minimum absolute atomic E-state index is 0.148. The van der Waals surface area contributed by atoms with Crippen LogP contribution in [0.3, 0.4) is 0 Å². The second-order valence-corrected chi connectivity index (χ2v) is 8.40.